The molecule has 0 atom stereocenters. The van der Waals surface area contributed by atoms with Crippen LogP contribution in [0.2, 0.25) is 0 Å². The molecule has 6 heteroatoms. The van der Waals surface area contributed by atoms with Crippen LogP contribution in [0.1, 0.15) is 29.8 Å². The van der Waals surface area contributed by atoms with Gasteiger partial charge >= 0.3 is 0 Å². The van der Waals surface area contributed by atoms with E-state index in [4.69, 9.17) is 0 Å². The summed E-state index contributed by atoms with van der Waals surface area (Å²) in [6, 6.07) is 3.75. The number of pyridine rings is 1. The van der Waals surface area contributed by atoms with Crippen molar-refractivity contribution in [2.45, 2.75) is 20.4 Å². The van der Waals surface area contributed by atoms with Crippen LogP contribution in [-0.2, 0) is 6.54 Å². The molecule has 0 saturated carbocycles. The molecule has 1 amide bonds. The van der Waals surface area contributed by atoms with E-state index in [1.165, 1.54) is 0 Å². The standard InChI is InChI=1S/C15H19N5O/c1-3-20(4-2)15-18-10-13(11-19-15)14(21)17-9-12-6-5-7-16-8-12/h5-8,10-11H,3-4,9H2,1-2H3,(H,17,21). The summed E-state index contributed by atoms with van der Waals surface area (Å²) in [4.78, 5) is 26.5. The first-order chi connectivity index (χ1) is 10.2. The van der Waals surface area contributed by atoms with Gasteiger partial charge in [0.1, 0.15) is 0 Å². The molecule has 0 aliphatic rings. The monoisotopic (exact) mass is 285 g/mol. The van der Waals surface area contributed by atoms with Crippen molar-refractivity contribution in [3.63, 3.8) is 0 Å². The second-order valence-electron chi connectivity index (χ2n) is 4.49. The normalized spacial score (nSPS) is 10.2. The summed E-state index contributed by atoms with van der Waals surface area (Å²) in [7, 11) is 0. The van der Waals surface area contributed by atoms with Gasteiger partial charge in [-0.2, -0.15) is 0 Å². The Morgan fingerprint density at radius 1 is 1.19 bits per heavy atom. The molecule has 1 N–H and O–H groups in total. The van der Waals surface area contributed by atoms with Crippen molar-refractivity contribution in [2.24, 2.45) is 0 Å². The highest BCUT2D eigenvalue weighted by molar-refractivity contribution is 5.93. The van der Waals surface area contributed by atoms with E-state index in [0.717, 1.165) is 18.7 Å². The quantitative estimate of drug-likeness (QED) is 0.873. The number of rotatable bonds is 6. The van der Waals surface area contributed by atoms with E-state index in [9.17, 15) is 4.79 Å². The number of carbonyl (C=O) groups excluding carboxylic acids is 1. The van der Waals surface area contributed by atoms with Crippen LogP contribution < -0.4 is 10.2 Å². The fourth-order valence-electron chi connectivity index (χ4n) is 1.90. The summed E-state index contributed by atoms with van der Waals surface area (Å²) in [6.07, 6.45) is 6.53. The molecule has 2 rings (SSSR count). The van der Waals surface area contributed by atoms with Gasteiger partial charge in [0, 0.05) is 44.4 Å². The minimum absolute atomic E-state index is 0.190. The van der Waals surface area contributed by atoms with Gasteiger partial charge in [0.2, 0.25) is 5.95 Å². The lowest BCUT2D eigenvalue weighted by molar-refractivity contribution is 0.0950. The van der Waals surface area contributed by atoms with E-state index in [-0.39, 0.29) is 5.91 Å². The van der Waals surface area contributed by atoms with Crippen LogP contribution in [-0.4, -0.2) is 33.9 Å². The highest BCUT2D eigenvalue weighted by Crippen LogP contribution is 2.06. The number of anilines is 1. The molecule has 0 aliphatic carbocycles. The van der Waals surface area contributed by atoms with Crippen molar-refractivity contribution in [3.05, 3.63) is 48.0 Å². The summed E-state index contributed by atoms with van der Waals surface area (Å²) in [6.45, 7) is 6.19. The van der Waals surface area contributed by atoms with Gasteiger partial charge < -0.3 is 10.2 Å². The van der Waals surface area contributed by atoms with Gasteiger partial charge in [-0.3, -0.25) is 9.78 Å². The summed E-state index contributed by atoms with van der Waals surface area (Å²) in [5.41, 5.74) is 1.40. The lowest BCUT2D eigenvalue weighted by Gasteiger charge is -2.17. The summed E-state index contributed by atoms with van der Waals surface area (Å²) >= 11 is 0. The third-order valence-corrected chi connectivity index (χ3v) is 3.12. The van der Waals surface area contributed by atoms with Gasteiger partial charge in [0.25, 0.3) is 5.91 Å². The maximum absolute atomic E-state index is 12.0. The van der Waals surface area contributed by atoms with Gasteiger partial charge in [-0.15, -0.1) is 0 Å². The van der Waals surface area contributed by atoms with Crippen LogP contribution in [0.4, 0.5) is 5.95 Å². The predicted octanol–water partition coefficient (Wildman–Crippen LogP) is 1.65. The molecular formula is C15H19N5O. The zero-order valence-electron chi connectivity index (χ0n) is 12.3. The van der Waals surface area contributed by atoms with Gasteiger partial charge in [0.05, 0.1) is 5.56 Å². The molecule has 21 heavy (non-hydrogen) atoms. The second kappa shape index (κ2) is 7.33. The predicted molar refractivity (Wildman–Crippen MR) is 81.0 cm³/mol. The van der Waals surface area contributed by atoms with Gasteiger partial charge in [-0.1, -0.05) is 6.07 Å². The van der Waals surface area contributed by atoms with Crippen LogP contribution >= 0.6 is 0 Å². The minimum Gasteiger partial charge on any atom is -0.348 e. The van der Waals surface area contributed by atoms with Crippen LogP contribution in [0.25, 0.3) is 0 Å². The van der Waals surface area contributed by atoms with E-state index in [1.807, 2.05) is 30.9 Å². The maximum atomic E-state index is 12.0. The number of carbonyl (C=O) groups is 1. The number of nitrogens with zero attached hydrogens (tertiary/aromatic N) is 4. The highest BCUT2D eigenvalue weighted by Gasteiger charge is 2.09. The van der Waals surface area contributed by atoms with Crippen LogP contribution in [0.5, 0.6) is 0 Å². The van der Waals surface area contributed by atoms with Gasteiger partial charge in [-0.25, -0.2) is 9.97 Å². The first kappa shape index (κ1) is 14.9. The number of amides is 1. The zero-order chi connectivity index (χ0) is 15.1. The Labute approximate surface area is 124 Å². The lowest BCUT2D eigenvalue weighted by Crippen LogP contribution is -2.26. The number of hydrogen-bond donors (Lipinski definition) is 1. The van der Waals surface area contributed by atoms with Crippen LogP contribution in [0.15, 0.2) is 36.9 Å². The molecule has 0 aromatic carbocycles. The molecule has 0 bridgehead atoms. The third-order valence-electron chi connectivity index (χ3n) is 3.12. The molecule has 0 spiro atoms. The van der Waals surface area contributed by atoms with E-state index in [2.05, 4.69) is 20.3 Å². The van der Waals surface area contributed by atoms with Crippen molar-refractivity contribution >= 4 is 11.9 Å². The smallest absolute Gasteiger partial charge is 0.254 e. The molecule has 2 heterocycles. The molecular weight excluding hydrogens is 266 g/mol. The molecule has 0 saturated heterocycles. The fourth-order valence-corrected chi connectivity index (χ4v) is 1.90. The molecule has 2 aromatic heterocycles. The van der Waals surface area contributed by atoms with Crippen molar-refractivity contribution in [3.8, 4) is 0 Å². The third kappa shape index (κ3) is 3.98. The van der Waals surface area contributed by atoms with Crippen molar-refractivity contribution in [1.29, 1.82) is 0 Å². The summed E-state index contributed by atoms with van der Waals surface area (Å²) < 4.78 is 0. The van der Waals surface area contributed by atoms with Crippen LogP contribution in [0.3, 0.4) is 0 Å². The average Bonchev–Trinajstić information content (AvgIpc) is 2.55. The van der Waals surface area contributed by atoms with Crippen molar-refractivity contribution in [1.82, 2.24) is 20.3 Å². The largest absolute Gasteiger partial charge is 0.348 e. The second-order valence-corrected chi connectivity index (χ2v) is 4.49. The highest BCUT2D eigenvalue weighted by atomic mass is 16.1. The van der Waals surface area contributed by atoms with Crippen molar-refractivity contribution < 1.29 is 4.79 Å². The summed E-state index contributed by atoms with van der Waals surface area (Å²) in [5.74, 6) is 0.453. The molecule has 6 nitrogen and oxygen atoms in total. The number of aromatic nitrogens is 3. The van der Waals surface area contributed by atoms with Gasteiger partial charge in [-0.05, 0) is 25.5 Å². The molecule has 0 fully saturated rings. The SMILES string of the molecule is CCN(CC)c1ncc(C(=O)NCc2cccnc2)cn1. The van der Waals surface area contributed by atoms with Crippen molar-refractivity contribution in [2.75, 3.05) is 18.0 Å². The average molecular weight is 285 g/mol. The molecule has 110 valence electrons. The molecule has 0 unspecified atom stereocenters. The molecule has 0 radical (unpaired) electrons. The fraction of sp³-hybridized carbons (Fsp3) is 0.333. The Hall–Kier alpha value is -2.50. The maximum Gasteiger partial charge on any atom is 0.254 e. The molecule has 2 aromatic rings. The Morgan fingerprint density at radius 3 is 2.48 bits per heavy atom. The van der Waals surface area contributed by atoms with Gasteiger partial charge in [0.15, 0.2) is 0 Å². The Kier molecular flexibility index (Phi) is 5.20. The lowest BCUT2D eigenvalue weighted by atomic mass is 10.2. The topological polar surface area (TPSA) is 71.0 Å². The Bertz CT molecular complexity index is 566. The zero-order valence-corrected chi connectivity index (χ0v) is 12.3. The van der Waals surface area contributed by atoms with Crippen LogP contribution in [0, 0.1) is 0 Å². The Morgan fingerprint density at radius 2 is 1.90 bits per heavy atom. The van der Waals surface area contributed by atoms with E-state index >= 15 is 0 Å². The summed E-state index contributed by atoms with van der Waals surface area (Å²) in [5, 5.41) is 2.82. The van der Waals surface area contributed by atoms with E-state index in [0.29, 0.717) is 18.1 Å². The van der Waals surface area contributed by atoms with E-state index < -0.39 is 0 Å². The first-order valence-electron chi connectivity index (χ1n) is 6.98. The molecule has 0 aliphatic heterocycles. The Balaban J connectivity index is 1.97. The minimum atomic E-state index is -0.190. The first-order valence-corrected chi connectivity index (χ1v) is 6.98. The number of hydrogen-bond acceptors (Lipinski definition) is 5. The number of nitrogens with one attached hydrogen (secondary N) is 1. The van der Waals surface area contributed by atoms with E-state index in [1.54, 1.807) is 24.8 Å².